The molecule has 1 amide bonds. The molecule has 1 aromatic carbocycles. The lowest BCUT2D eigenvalue weighted by Crippen LogP contribution is -2.41. The first-order valence-electron chi connectivity index (χ1n) is 10.5. The zero-order chi connectivity index (χ0) is 22.8. The summed E-state index contributed by atoms with van der Waals surface area (Å²) >= 11 is 0. The number of hydrogen-bond acceptors (Lipinski definition) is 6. The molecule has 1 saturated heterocycles. The molecule has 0 unspecified atom stereocenters. The minimum Gasteiger partial charge on any atom is -0.445 e. The lowest BCUT2D eigenvalue weighted by molar-refractivity contribution is 0.00578. The van der Waals surface area contributed by atoms with E-state index in [2.05, 4.69) is 15.3 Å². The van der Waals surface area contributed by atoms with E-state index in [9.17, 15) is 4.79 Å². The number of amides is 1. The lowest BCUT2D eigenvalue weighted by atomic mass is 9.77. The number of nitrogens with zero attached hydrogens (tertiary/aromatic N) is 3. The number of aromatic nitrogens is 3. The third-order valence-corrected chi connectivity index (χ3v) is 5.88. The van der Waals surface area contributed by atoms with E-state index in [0.29, 0.717) is 0 Å². The van der Waals surface area contributed by atoms with E-state index in [-0.39, 0.29) is 13.2 Å². The second-order valence-corrected chi connectivity index (χ2v) is 8.71. The number of alkyl carbamates (subject to hydrolysis) is 1. The molecule has 1 aliphatic heterocycles. The van der Waals surface area contributed by atoms with Gasteiger partial charge in [-0.05, 0) is 44.8 Å². The van der Waals surface area contributed by atoms with Crippen molar-refractivity contribution in [1.82, 2.24) is 19.7 Å². The Hall–Kier alpha value is -3.17. The summed E-state index contributed by atoms with van der Waals surface area (Å²) < 4.78 is 19.7. The molecule has 0 atom stereocenters. The summed E-state index contributed by atoms with van der Waals surface area (Å²) in [5.41, 5.74) is 2.21. The fourth-order valence-electron chi connectivity index (χ4n) is 3.30. The number of imidazole rings is 1. The SMILES string of the molecule is CC1(C)OB(C(=Cc2cnc3cnccn23)CNC(=O)OCc2ccccc2)OC1(C)C. The van der Waals surface area contributed by atoms with Gasteiger partial charge in [-0.15, -0.1) is 0 Å². The molecule has 2 aromatic heterocycles. The van der Waals surface area contributed by atoms with Crippen LogP contribution >= 0.6 is 0 Å². The largest absolute Gasteiger partial charge is 0.492 e. The summed E-state index contributed by atoms with van der Waals surface area (Å²) in [7, 11) is -0.623. The quantitative estimate of drug-likeness (QED) is 0.596. The van der Waals surface area contributed by atoms with Gasteiger partial charge >= 0.3 is 13.2 Å². The maximum Gasteiger partial charge on any atom is 0.492 e. The van der Waals surface area contributed by atoms with Gasteiger partial charge < -0.3 is 19.4 Å². The zero-order valence-corrected chi connectivity index (χ0v) is 18.7. The standard InChI is InChI=1S/C23H27BN4O4/c1-22(2)23(3,4)32-24(31-22)18(12-19-14-26-20-15-25-10-11-28(19)20)13-27-21(29)30-16-17-8-6-5-7-9-17/h5-12,14-15H,13,16H2,1-4H3,(H,27,29). The van der Waals surface area contributed by atoms with Gasteiger partial charge in [-0.1, -0.05) is 30.3 Å². The zero-order valence-electron chi connectivity index (χ0n) is 18.7. The minimum absolute atomic E-state index is 0.197. The van der Waals surface area contributed by atoms with Crippen molar-refractivity contribution in [1.29, 1.82) is 0 Å². The summed E-state index contributed by atoms with van der Waals surface area (Å²) in [5, 5.41) is 2.81. The number of rotatable bonds is 6. The minimum atomic E-state index is -0.623. The first-order chi connectivity index (χ1) is 15.2. The Bertz CT molecular complexity index is 1110. The summed E-state index contributed by atoms with van der Waals surface area (Å²) in [6, 6.07) is 9.54. The molecule has 0 spiro atoms. The monoisotopic (exact) mass is 434 g/mol. The number of nitrogens with one attached hydrogen (secondary N) is 1. The van der Waals surface area contributed by atoms with Gasteiger partial charge in [-0.3, -0.25) is 9.38 Å². The molecule has 166 valence electrons. The predicted molar refractivity (Wildman–Crippen MR) is 122 cm³/mol. The van der Waals surface area contributed by atoms with Crippen molar-refractivity contribution in [3.63, 3.8) is 0 Å². The van der Waals surface area contributed by atoms with E-state index in [4.69, 9.17) is 14.0 Å². The van der Waals surface area contributed by atoms with E-state index in [0.717, 1.165) is 22.4 Å². The normalized spacial score (nSPS) is 17.5. The van der Waals surface area contributed by atoms with E-state index in [1.165, 1.54) is 0 Å². The van der Waals surface area contributed by atoms with E-state index < -0.39 is 24.4 Å². The van der Waals surface area contributed by atoms with Crippen LogP contribution in [-0.4, -0.2) is 45.3 Å². The van der Waals surface area contributed by atoms with Crippen LogP contribution in [0.3, 0.4) is 0 Å². The Morgan fingerprint density at radius 3 is 2.59 bits per heavy atom. The van der Waals surface area contributed by atoms with E-state index in [1.807, 2.05) is 74.7 Å². The highest BCUT2D eigenvalue weighted by atomic mass is 16.7. The molecule has 3 aromatic rings. The van der Waals surface area contributed by atoms with Gasteiger partial charge in [-0.25, -0.2) is 9.78 Å². The third-order valence-electron chi connectivity index (χ3n) is 5.88. The van der Waals surface area contributed by atoms with Crippen molar-refractivity contribution < 1.29 is 18.8 Å². The number of fused-ring (bicyclic) bond motifs is 1. The van der Waals surface area contributed by atoms with Crippen LogP contribution < -0.4 is 5.32 Å². The highest BCUT2D eigenvalue weighted by molar-refractivity contribution is 6.56. The van der Waals surface area contributed by atoms with Crippen LogP contribution in [0.5, 0.6) is 0 Å². The maximum absolute atomic E-state index is 12.3. The van der Waals surface area contributed by atoms with Crippen molar-refractivity contribution in [3.8, 4) is 0 Å². The average Bonchev–Trinajstić information content (AvgIpc) is 3.27. The van der Waals surface area contributed by atoms with Crippen molar-refractivity contribution in [3.05, 3.63) is 71.8 Å². The van der Waals surface area contributed by atoms with Gasteiger partial charge in [-0.2, -0.15) is 0 Å². The summed E-state index contributed by atoms with van der Waals surface area (Å²) in [6.07, 6.45) is 8.36. The number of benzene rings is 1. The maximum atomic E-state index is 12.3. The second kappa shape index (κ2) is 8.76. The van der Waals surface area contributed by atoms with Gasteiger partial charge in [0, 0.05) is 18.9 Å². The second-order valence-electron chi connectivity index (χ2n) is 8.71. The topological polar surface area (TPSA) is 87.0 Å². The summed E-state index contributed by atoms with van der Waals surface area (Å²) in [5.74, 6) is 0. The fourth-order valence-corrected chi connectivity index (χ4v) is 3.30. The smallest absolute Gasteiger partial charge is 0.445 e. The molecule has 0 radical (unpaired) electrons. The molecule has 0 saturated carbocycles. The van der Waals surface area contributed by atoms with Crippen molar-refractivity contribution in [2.45, 2.75) is 45.5 Å². The van der Waals surface area contributed by atoms with Crippen LogP contribution in [0.4, 0.5) is 4.79 Å². The first kappa shape index (κ1) is 22.0. The van der Waals surface area contributed by atoms with Gasteiger partial charge in [0.1, 0.15) is 6.61 Å². The molecule has 9 heteroatoms. The molecule has 0 aliphatic carbocycles. The Labute approximate surface area is 187 Å². The number of hydrogen-bond donors (Lipinski definition) is 1. The van der Waals surface area contributed by atoms with Gasteiger partial charge in [0.25, 0.3) is 0 Å². The Morgan fingerprint density at radius 2 is 1.88 bits per heavy atom. The lowest BCUT2D eigenvalue weighted by Gasteiger charge is -2.32. The number of carbonyl (C=O) groups is 1. The fraction of sp³-hybridized carbons (Fsp3) is 0.348. The van der Waals surface area contributed by atoms with Gasteiger partial charge in [0.2, 0.25) is 0 Å². The van der Waals surface area contributed by atoms with Crippen molar-refractivity contribution in [2.24, 2.45) is 0 Å². The molecular formula is C23H27BN4O4. The number of ether oxygens (including phenoxy) is 1. The Balaban J connectivity index is 1.52. The van der Waals surface area contributed by atoms with Crippen LogP contribution in [0.25, 0.3) is 11.7 Å². The molecule has 0 bridgehead atoms. The molecule has 3 heterocycles. The van der Waals surface area contributed by atoms with Crippen LogP contribution in [0.1, 0.15) is 39.0 Å². The molecule has 4 rings (SSSR count). The van der Waals surface area contributed by atoms with Crippen molar-refractivity contribution >= 4 is 24.9 Å². The molecule has 1 fully saturated rings. The molecule has 32 heavy (non-hydrogen) atoms. The van der Waals surface area contributed by atoms with Gasteiger partial charge in [0.15, 0.2) is 5.65 Å². The van der Waals surface area contributed by atoms with Crippen molar-refractivity contribution in [2.75, 3.05) is 6.54 Å². The van der Waals surface area contributed by atoms with Crippen LogP contribution in [0.2, 0.25) is 0 Å². The highest BCUT2D eigenvalue weighted by Crippen LogP contribution is 2.38. The van der Waals surface area contributed by atoms with Crippen LogP contribution in [-0.2, 0) is 20.7 Å². The average molecular weight is 434 g/mol. The van der Waals surface area contributed by atoms with Gasteiger partial charge in [0.05, 0.1) is 29.3 Å². The summed E-state index contributed by atoms with van der Waals surface area (Å²) in [6.45, 7) is 8.36. The Morgan fingerprint density at radius 1 is 1.16 bits per heavy atom. The van der Waals surface area contributed by atoms with Crippen LogP contribution in [0.15, 0.2) is 60.6 Å². The highest BCUT2D eigenvalue weighted by Gasteiger charge is 2.52. The van der Waals surface area contributed by atoms with Crippen LogP contribution in [0, 0.1) is 0 Å². The molecule has 1 aliphatic rings. The predicted octanol–water partition coefficient (Wildman–Crippen LogP) is 3.67. The Kier molecular flexibility index (Phi) is 6.03. The third kappa shape index (κ3) is 4.68. The first-order valence-corrected chi connectivity index (χ1v) is 10.5. The number of carbonyl (C=O) groups excluding carboxylic acids is 1. The van der Waals surface area contributed by atoms with E-state index >= 15 is 0 Å². The molecular weight excluding hydrogens is 407 g/mol. The summed E-state index contributed by atoms with van der Waals surface area (Å²) in [4.78, 5) is 20.8. The molecule has 1 N–H and O–H groups in total. The van der Waals surface area contributed by atoms with E-state index in [1.54, 1.807) is 18.6 Å². The molecule has 8 nitrogen and oxygen atoms in total.